The number of rotatable bonds is 16. The Balaban J connectivity index is 1.12. The zero-order valence-corrected chi connectivity index (χ0v) is 36.3. The normalized spacial score (nSPS) is 12.1. The number of nitrogens with zero attached hydrogens (tertiary/aromatic N) is 3. The standard InChI is InChI=1S/C52H65N3O2/c1-11-38-19-17-21-42(50(38)57-35-36(2)3)34-41-20-16-18-37(4)49(41)56-33-15-13-12-14-32-55-53-47-45(39-22-26-43(27-23-39)51(5,6)7)30-31-46(48(47)54-55)40-24-28-44(29-25-40)52(8,9)10/h16-31,36H,11-15,32-35H2,1-10H3. The van der Waals surface area contributed by atoms with Gasteiger partial charge < -0.3 is 9.47 Å². The Hall–Kier alpha value is -4.90. The molecule has 0 saturated heterocycles. The van der Waals surface area contributed by atoms with Gasteiger partial charge in [-0.05, 0) is 93.9 Å². The van der Waals surface area contributed by atoms with E-state index in [9.17, 15) is 0 Å². The summed E-state index contributed by atoms with van der Waals surface area (Å²) in [7, 11) is 0. The molecule has 1 aromatic heterocycles. The Labute approximate surface area is 342 Å². The largest absolute Gasteiger partial charge is 0.493 e. The molecular weight excluding hydrogens is 699 g/mol. The van der Waals surface area contributed by atoms with E-state index in [4.69, 9.17) is 19.7 Å². The number of benzene rings is 5. The van der Waals surface area contributed by atoms with Gasteiger partial charge in [0.15, 0.2) is 0 Å². The van der Waals surface area contributed by atoms with Crippen molar-refractivity contribution in [1.82, 2.24) is 15.0 Å². The van der Waals surface area contributed by atoms with E-state index in [1.165, 1.54) is 44.5 Å². The third-order valence-corrected chi connectivity index (χ3v) is 11.0. The van der Waals surface area contributed by atoms with Crippen molar-refractivity contribution < 1.29 is 9.47 Å². The van der Waals surface area contributed by atoms with Crippen LogP contribution >= 0.6 is 0 Å². The fourth-order valence-corrected chi connectivity index (χ4v) is 7.54. The molecule has 0 fully saturated rings. The van der Waals surface area contributed by atoms with Gasteiger partial charge >= 0.3 is 0 Å². The first-order chi connectivity index (χ1) is 27.2. The second-order valence-corrected chi connectivity index (χ2v) is 18.3. The van der Waals surface area contributed by atoms with Crippen LogP contribution in [0.4, 0.5) is 0 Å². The van der Waals surface area contributed by atoms with Crippen molar-refractivity contribution in [3.63, 3.8) is 0 Å². The Bertz CT molecular complexity index is 2140. The molecule has 0 bridgehead atoms. The minimum Gasteiger partial charge on any atom is -0.493 e. The summed E-state index contributed by atoms with van der Waals surface area (Å²) in [6.07, 6.45) is 5.92. The maximum atomic E-state index is 6.53. The first-order valence-corrected chi connectivity index (χ1v) is 21.3. The predicted octanol–water partition coefficient (Wildman–Crippen LogP) is 13.5. The Morgan fingerprint density at radius 1 is 0.579 bits per heavy atom. The Morgan fingerprint density at radius 2 is 1.09 bits per heavy atom. The molecule has 0 aliphatic rings. The minimum absolute atomic E-state index is 0.101. The molecule has 57 heavy (non-hydrogen) atoms. The summed E-state index contributed by atoms with van der Waals surface area (Å²) in [6, 6.07) is 35.4. The number of unbranched alkanes of at least 4 members (excludes halogenated alkanes) is 3. The number of fused-ring (bicyclic) bond motifs is 1. The Morgan fingerprint density at radius 3 is 1.61 bits per heavy atom. The van der Waals surface area contributed by atoms with Crippen molar-refractivity contribution in [2.45, 2.75) is 125 Å². The van der Waals surface area contributed by atoms with Gasteiger partial charge in [-0.1, -0.05) is 166 Å². The van der Waals surface area contributed by atoms with E-state index < -0.39 is 0 Å². The van der Waals surface area contributed by atoms with E-state index in [1.54, 1.807) is 0 Å². The molecule has 0 unspecified atom stereocenters. The molecule has 6 aromatic rings. The van der Waals surface area contributed by atoms with Crippen molar-refractivity contribution in [2.24, 2.45) is 5.92 Å². The van der Waals surface area contributed by atoms with E-state index in [1.807, 2.05) is 4.80 Å². The summed E-state index contributed by atoms with van der Waals surface area (Å²) in [6.45, 7) is 24.5. The van der Waals surface area contributed by atoms with Crippen LogP contribution in [0, 0.1) is 12.8 Å². The lowest BCUT2D eigenvalue weighted by Gasteiger charge is -2.19. The smallest absolute Gasteiger partial charge is 0.126 e. The molecule has 5 nitrogen and oxygen atoms in total. The van der Waals surface area contributed by atoms with Crippen LogP contribution in [0.15, 0.2) is 97.1 Å². The number of hydrogen-bond acceptors (Lipinski definition) is 4. The van der Waals surface area contributed by atoms with Crippen LogP contribution in [0.1, 0.15) is 121 Å². The third-order valence-electron chi connectivity index (χ3n) is 11.0. The van der Waals surface area contributed by atoms with E-state index in [2.05, 4.69) is 166 Å². The highest BCUT2D eigenvalue weighted by atomic mass is 16.5. The van der Waals surface area contributed by atoms with Gasteiger partial charge in [-0.25, -0.2) is 0 Å². The van der Waals surface area contributed by atoms with Crippen LogP contribution in [-0.2, 0) is 30.2 Å². The van der Waals surface area contributed by atoms with Gasteiger partial charge in [0.2, 0.25) is 0 Å². The lowest BCUT2D eigenvalue weighted by atomic mass is 9.85. The van der Waals surface area contributed by atoms with Crippen molar-refractivity contribution in [2.75, 3.05) is 13.2 Å². The molecule has 300 valence electrons. The number of aryl methyl sites for hydroxylation is 3. The zero-order chi connectivity index (χ0) is 40.7. The highest BCUT2D eigenvalue weighted by Gasteiger charge is 2.19. The maximum absolute atomic E-state index is 6.53. The first kappa shape index (κ1) is 41.7. The quantitative estimate of drug-likeness (QED) is 0.0921. The van der Waals surface area contributed by atoms with Crippen LogP contribution in [0.2, 0.25) is 0 Å². The molecule has 0 radical (unpaired) electrons. The van der Waals surface area contributed by atoms with E-state index in [0.29, 0.717) is 19.1 Å². The van der Waals surface area contributed by atoms with Gasteiger partial charge in [-0.2, -0.15) is 15.0 Å². The van der Waals surface area contributed by atoms with Gasteiger partial charge in [-0.15, -0.1) is 0 Å². The van der Waals surface area contributed by atoms with Crippen LogP contribution in [0.25, 0.3) is 33.3 Å². The molecule has 0 amide bonds. The van der Waals surface area contributed by atoms with Crippen LogP contribution in [0.5, 0.6) is 11.5 Å². The van der Waals surface area contributed by atoms with Gasteiger partial charge in [0.1, 0.15) is 22.5 Å². The molecule has 5 heteroatoms. The number of aromatic nitrogens is 3. The summed E-state index contributed by atoms with van der Waals surface area (Å²) < 4.78 is 12.9. The van der Waals surface area contributed by atoms with Gasteiger partial charge in [0.05, 0.1) is 19.8 Å². The van der Waals surface area contributed by atoms with Crippen molar-refractivity contribution in [3.05, 3.63) is 130 Å². The van der Waals surface area contributed by atoms with E-state index in [-0.39, 0.29) is 10.8 Å². The summed E-state index contributed by atoms with van der Waals surface area (Å²) in [5, 5.41) is 10.3. The molecule has 0 spiro atoms. The maximum Gasteiger partial charge on any atom is 0.126 e. The fraction of sp³-hybridized carbons (Fsp3) is 0.423. The monoisotopic (exact) mass is 764 g/mol. The topological polar surface area (TPSA) is 49.2 Å². The van der Waals surface area contributed by atoms with Crippen molar-refractivity contribution >= 4 is 11.0 Å². The molecule has 0 aliphatic carbocycles. The highest BCUT2D eigenvalue weighted by Crippen LogP contribution is 2.36. The molecule has 0 atom stereocenters. The molecule has 1 heterocycles. The van der Waals surface area contributed by atoms with E-state index in [0.717, 1.165) is 78.7 Å². The SMILES string of the molecule is CCc1cccc(Cc2cccc(C)c2OCCCCCCn2nc3c(-c4ccc(C(C)(C)C)cc4)ccc(-c4ccc(C(C)(C)C)cc4)c3n2)c1OCC(C)C. The Kier molecular flexibility index (Phi) is 13.3. The summed E-state index contributed by atoms with van der Waals surface area (Å²) in [5.74, 6) is 2.52. The molecule has 0 aliphatic heterocycles. The summed E-state index contributed by atoms with van der Waals surface area (Å²) in [4.78, 5) is 1.92. The van der Waals surface area contributed by atoms with Crippen molar-refractivity contribution in [3.8, 4) is 33.8 Å². The van der Waals surface area contributed by atoms with Gasteiger partial charge in [0, 0.05) is 17.5 Å². The number of para-hydroxylation sites is 2. The van der Waals surface area contributed by atoms with Crippen molar-refractivity contribution in [1.29, 1.82) is 0 Å². The summed E-state index contributed by atoms with van der Waals surface area (Å²) in [5.41, 5.74) is 14.2. The molecular formula is C52H65N3O2. The zero-order valence-electron chi connectivity index (χ0n) is 36.3. The second-order valence-electron chi connectivity index (χ2n) is 18.3. The average Bonchev–Trinajstić information content (AvgIpc) is 3.61. The van der Waals surface area contributed by atoms with Gasteiger partial charge in [0.25, 0.3) is 0 Å². The number of ether oxygens (including phenoxy) is 2. The fourth-order valence-electron chi connectivity index (χ4n) is 7.54. The highest BCUT2D eigenvalue weighted by molar-refractivity contribution is 6.00. The van der Waals surface area contributed by atoms with Crippen LogP contribution < -0.4 is 9.47 Å². The van der Waals surface area contributed by atoms with Crippen LogP contribution in [0.3, 0.4) is 0 Å². The van der Waals surface area contributed by atoms with Gasteiger partial charge in [-0.3, -0.25) is 0 Å². The molecule has 0 saturated carbocycles. The minimum atomic E-state index is 0.101. The van der Waals surface area contributed by atoms with Crippen LogP contribution in [-0.4, -0.2) is 28.2 Å². The molecule has 5 aromatic carbocycles. The molecule has 0 N–H and O–H groups in total. The predicted molar refractivity (Wildman–Crippen MR) is 240 cm³/mol. The lowest BCUT2D eigenvalue weighted by Crippen LogP contribution is -2.10. The lowest BCUT2D eigenvalue weighted by molar-refractivity contribution is 0.266. The number of hydrogen-bond donors (Lipinski definition) is 0. The third kappa shape index (κ3) is 10.3. The average molecular weight is 764 g/mol. The second kappa shape index (κ2) is 18.1. The van der Waals surface area contributed by atoms with E-state index >= 15 is 0 Å². The summed E-state index contributed by atoms with van der Waals surface area (Å²) >= 11 is 0. The molecule has 6 rings (SSSR count). The first-order valence-electron chi connectivity index (χ1n) is 21.3.